The first kappa shape index (κ1) is 13.7. The molecule has 1 aliphatic rings. The Labute approximate surface area is 128 Å². The summed E-state index contributed by atoms with van der Waals surface area (Å²) in [6, 6.07) is 12.1. The minimum absolute atomic E-state index is 0.629. The fraction of sp³-hybridized carbons (Fsp3) is 0.250. The van der Waals surface area contributed by atoms with Gasteiger partial charge in [-0.3, -0.25) is 4.90 Å². The van der Waals surface area contributed by atoms with Crippen LogP contribution in [0.4, 0.5) is 0 Å². The Morgan fingerprint density at radius 1 is 1.05 bits per heavy atom. The maximum Gasteiger partial charge on any atom is 0.123 e. The molecule has 0 amide bonds. The topological polar surface area (TPSA) is 12.5 Å². The van der Waals surface area contributed by atoms with Crippen LogP contribution < -0.4 is 4.74 Å². The van der Waals surface area contributed by atoms with Crippen molar-refractivity contribution in [3.63, 3.8) is 0 Å². The minimum Gasteiger partial charge on any atom is -0.496 e. The first-order valence-electron chi connectivity index (χ1n) is 6.48. The Balaban J connectivity index is 1.79. The van der Waals surface area contributed by atoms with Crippen LogP contribution in [0.1, 0.15) is 16.7 Å². The second-order valence-electron chi connectivity index (χ2n) is 4.99. The van der Waals surface area contributed by atoms with Gasteiger partial charge in [-0.25, -0.2) is 0 Å². The standard InChI is InChI=1S/C16H15Cl2NO/c1-20-16-5-3-2-4-11(16)8-19-9-12-6-14(17)15(18)7-13(12)10-19/h2-7H,8-10H2,1H3. The third kappa shape index (κ3) is 2.64. The van der Waals surface area contributed by atoms with Crippen molar-refractivity contribution in [3.05, 3.63) is 63.1 Å². The molecule has 0 atom stereocenters. The summed E-state index contributed by atoms with van der Waals surface area (Å²) in [5, 5.41) is 1.26. The molecule has 3 rings (SSSR count). The smallest absolute Gasteiger partial charge is 0.123 e. The molecule has 2 aromatic rings. The van der Waals surface area contributed by atoms with Crippen LogP contribution in [-0.2, 0) is 19.6 Å². The highest BCUT2D eigenvalue weighted by molar-refractivity contribution is 6.42. The van der Waals surface area contributed by atoms with Gasteiger partial charge in [0.25, 0.3) is 0 Å². The summed E-state index contributed by atoms with van der Waals surface area (Å²) in [4.78, 5) is 2.36. The van der Waals surface area contributed by atoms with Gasteiger partial charge in [0.1, 0.15) is 5.75 Å². The summed E-state index contributed by atoms with van der Waals surface area (Å²) in [6.07, 6.45) is 0. The van der Waals surface area contributed by atoms with Crippen LogP contribution in [0.25, 0.3) is 0 Å². The molecule has 2 nitrogen and oxygen atoms in total. The zero-order valence-electron chi connectivity index (χ0n) is 11.2. The van der Waals surface area contributed by atoms with E-state index in [0.717, 1.165) is 25.4 Å². The van der Waals surface area contributed by atoms with Crippen molar-refractivity contribution in [1.29, 1.82) is 0 Å². The van der Waals surface area contributed by atoms with Crippen LogP contribution in [0.15, 0.2) is 36.4 Å². The molecule has 104 valence electrons. The maximum absolute atomic E-state index is 6.08. The second kappa shape index (κ2) is 5.65. The van der Waals surface area contributed by atoms with Crippen molar-refractivity contribution >= 4 is 23.2 Å². The number of benzene rings is 2. The van der Waals surface area contributed by atoms with E-state index in [1.54, 1.807) is 7.11 Å². The van der Waals surface area contributed by atoms with E-state index >= 15 is 0 Å². The van der Waals surface area contributed by atoms with Gasteiger partial charge in [0.05, 0.1) is 17.2 Å². The molecule has 0 aromatic heterocycles. The van der Waals surface area contributed by atoms with Gasteiger partial charge in [-0.1, -0.05) is 41.4 Å². The lowest BCUT2D eigenvalue weighted by Crippen LogP contribution is -2.16. The molecular formula is C16H15Cl2NO. The molecule has 0 unspecified atom stereocenters. The normalized spacial score (nSPS) is 14.3. The summed E-state index contributed by atoms with van der Waals surface area (Å²) in [5.41, 5.74) is 3.71. The van der Waals surface area contributed by atoms with Crippen LogP contribution in [0.3, 0.4) is 0 Å². The molecule has 0 aliphatic carbocycles. The number of methoxy groups -OCH3 is 1. The zero-order valence-corrected chi connectivity index (χ0v) is 12.7. The lowest BCUT2D eigenvalue weighted by Gasteiger charge is -2.16. The van der Waals surface area contributed by atoms with Crippen molar-refractivity contribution in [2.45, 2.75) is 19.6 Å². The van der Waals surface area contributed by atoms with Crippen LogP contribution in [0.2, 0.25) is 10.0 Å². The molecule has 1 aliphatic heterocycles. The van der Waals surface area contributed by atoms with Crippen molar-refractivity contribution in [2.24, 2.45) is 0 Å². The lowest BCUT2D eigenvalue weighted by molar-refractivity contribution is 0.270. The molecule has 0 radical (unpaired) electrons. The van der Waals surface area contributed by atoms with Crippen LogP contribution in [0, 0.1) is 0 Å². The molecular weight excluding hydrogens is 293 g/mol. The van der Waals surface area contributed by atoms with Gasteiger partial charge < -0.3 is 4.74 Å². The van der Waals surface area contributed by atoms with Crippen molar-refractivity contribution in [1.82, 2.24) is 4.90 Å². The van der Waals surface area contributed by atoms with Crippen molar-refractivity contribution < 1.29 is 4.74 Å². The summed E-state index contributed by atoms with van der Waals surface area (Å²) in [6.45, 7) is 2.64. The molecule has 2 aromatic carbocycles. The molecule has 0 spiro atoms. The van der Waals surface area contributed by atoms with Crippen LogP contribution in [0.5, 0.6) is 5.75 Å². The minimum atomic E-state index is 0.629. The van der Waals surface area contributed by atoms with E-state index in [2.05, 4.69) is 11.0 Å². The molecule has 1 heterocycles. The van der Waals surface area contributed by atoms with Gasteiger partial charge in [0.2, 0.25) is 0 Å². The van der Waals surface area contributed by atoms with Gasteiger partial charge in [-0.05, 0) is 29.3 Å². The monoisotopic (exact) mass is 307 g/mol. The number of rotatable bonds is 3. The fourth-order valence-electron chi connectivity index (χ4n) is 2.65. The number of nitrogens with zero attached hydrogens (tertiary/aromatic N) is 1. The Hall–Kier alpha value is -1.22. The maximum atomic E-state index is 6.08. The molecule has 20 heavy (non-hydrogen) atoms. The van der Waals surface area contributed by atoms with Crippen molar-refractivity contribution in [3.8, 4) is 5.75 Å². The van der Waals surface area contributed by atoms with E-state index in [1.165, 1.54) is 16.7 Å². The van der Waals surface area contributed by atoms with Crippen LogP contribution >= 0.6 is 23.2 Å². The number of hydrogen-bond acceptors (Lipinski definition) is 2. The van der Waals surface area contributed by atoms with E-state index in [1.807, 2.05) is 30.3 Å². The van der Waals surface area contributed by atoms with Crippen LogP contribution in [-0.4, -0.2) is 12.0 Å². The first-order chi connectivity index (χ1) is 9.67. The van der Waals surface area contributed by atoms with E-state index in [9.17, 15) is 0 Å². The summed E-state index contributed by atoms with van der Waals surface area (Å²) in [7, 11) is 1.71. The third-order valence-electron chi connectivity index (χ3n) is 3.62. The van der Waals surface area contributed by atoms with E-state index < -0.39 is 0 Å². The highest BCUT2D eigenvalue weighted by atomic mass is 35.5. The predicted molar refractivity (Wildman–Crippen MR) is 82.4 cm³/mol. The molecule has 0 bridgehead atoms. The number of fused-ring (bicyclic) bond motifs is 1. The SMILES string of the molecule is COc1ccccc1CN1Cc2cc(Cl)c(Cl)cc2C1. The molecule has 0 fully saturated rings. The number of hydrogen-bond donors (Lipinski definition) is 0. The third-order valence-corrected chi connectivity index (χ3v) is 4.34. The molecule has 0 saturated heterocycles. The van der Waals surface area contributed by atoms with Gasteiger partial charge >= 0.3 is 0 Å². The summed E-state index contributed by atoms with van der Waals surface area (Å²) < 4.78 is 5.40. The summed E-state index contributed by atoms with van der Waals surface area (Å²) in [5.74, 6) is 0.930. The highest BCUT2D eigenvalue weighted by Gasteiger charge is 2.21. The Morgan fingerprint density at radius 3 is 2.25 bits per heavy atom. The highest BCUT2D eigenvalue weighted by Crippen LogP contribution is 2.32. The van der Waals surface area contributed by atoms with Gasteiger partial charge in [0, 0.05) is 25.2 Å². The van der Waals surface area contributed by atoms with E-state index in [-0.39, 0.29) is 0 Å². The van der Waals surface area contributed by atoms with E-state index in [4.69, 9.17) is 27.9 Å². The number of para-hydroxylation sites is 1. The van der Waals surface area contributed by atoms with Crippen molar-refractivity contribution in [2.75, 3.05) is 7.11 Å². The van der Waals surface area contributed by atoms with Gasteiger partial charge in [0.15, 0.2) is 0 Å². The van der Waals surface area contributed by atoms with E-state index in [0.29, 0.717) is 10.0 Å². The quantitative estimate of drug-likeness (QED) is 0.826. The fourth-order valence-corrected chi connectivity index (χ4v) is 3.02. The summed E-state index contributed by atoms with van der Waals surface area (Å²) >= 11 is 12.2. The molecule has 0 N–H and O–H groups in total. The first-order valence-corrected chi connectivity index (χ1v) is 7.24. The largest absolute Gasteiger partial charge is 0.496 e. The molecule has 0 saturated carbocycles. The molecule has 4 heteroatoms. The Kier molecular flexibility index (Phi) is 3.88. The number of ether oxygens (including phenoxy) is 1. The number of halogens is 2. The Morgan fingerprint density at radius 2 is 1.65 bits per heavy atom. The Bertz CT molecular complexity index is 611. The predicted octanol–water partition coefficient (Wildman–Crippen LogP) is 4.52. The van der Waals surface area contributed by atoms with Gasteiger partial charge in [-0.2, -0.15) is 0 Å². The second-order valence-corrected chi connectivity index (χ2v) is 5.81. The average molecular weight is 308 g/mol. The van der Waals surface area contributed by atoms with Gasteiger partial charge in [-0.15, -0.1) is 0 Å². The average Bonchev–Trinajstić information content (AvgIpc) is 2.81. The lowest BCUT2D eigenvalue weighted by atomic mass is 10.1. The zero-order chi connectivity index (χ0) is 14.1.